The molecule has 0 bridgehead atoms. The van der Waals surface area contributed by atoms with Crippen molar-refractivity contribution in [3.63, 3.8) is 0 Å². The summed E-state index contributed by atoms with van der Waals surface area (Å²) in [5.41, 5.74) is 2.67. The first-order valence-corrected chi connectivity index (χ1v) is 11.9. The number of guanidine groups is 1. The Morgan fingerprint density at radius 2 is 1.81 bits per heavy atom. The minimum Gasteiger partial charge on any atom is -0.383 e. The molecule has 2 fully saturated rings. The number of methoxy groups -OCH3 is 1. The molecule has 7 heteroatoms. The zero-order chi connectivity index (χ0) is 21.7. The van der Waals surface area contributed by atoms with Gasteiger partial charge in [-0.1, -0.05) is 24.3 Å². The number of hydrogen-bond donors (Lipinski definition) is 2. The van der Waals surface area contributed by atoms with Gasteiger partial charge < -0.3 is 25.0 Å². The summed E-state index contributed by atoms with van der Waals surface area (Å²) in [4.78, 5) is 9.87. The number of ether oxygens (including phenoxy) is 2. The molecule has 0 atom stereocenters. The molecule has 2 heterocycles. The molecule has 0 unspecified atom stereocenters. The lowest BCUT2D eigenvalue weighted by Crippen LogP contribution is -2.43. The lowest BCUT2D eigenvalue weighted by molar-refractivity contribution is 0.0341. The van der Waals surface area contributed by atoms with Gasteiger partial charge >= 0.3 is 0 Å². The molecule has 1 aromatic carbocycles. The minimum atomic E-state index is 0.700. The second kappa shape index (κ2) is 13.7. The summed E-state index contributed by atoms with van der Waals surface area (Å²) in [7, 11) is 1.78. The van der Waals surface area contributed by atoms with Crippen molar-refractivity contribution < 1.29 is 9.47 Å². The molecule has 31 heavy (non-hydrogen) atoms. The molecule has 3 rings (SSSR count). The van der Waals surface area contributed by atoms with E-state index in [1.807, 2.05) is 0 Å². The highest BCUT2D eigenvalue weighted by Crippen LogP contribution is 2.16. The van der Waals surface area contributed by atoms with Gasteiger partial charge in [-0.25, -0.2) is 4.99 Å². The van der Waals surface area contributed by atoms with E-state index in [-0.39, 0.29) is 0 Å². The van der Waals surface area contributed by atoms with E-state index in [9.17, 15) is 0 Å². The first-order chi connectivity index (χ1) is 15.3. The summed E-state index contributed by atoms with van der Waals surface area (Å²) < 4.78 is 10.7. The van der Waals surface area contributed by atoms with Crippen LogP contribution < -0.4 is 10.6 Å². The third-order valence-electron chi connectivity index (χ3n) is 6.24. The lowest BCUT2D eigenvalue weighted by Gasteiger charge is -2.32. The van der Waals surface area contributed by atoms with Gasteiger partial charge in [0.25, 0.3) is 0 Å². The van der Waals surface area contributed by atoms with Gasteiger partial charge in [-0.3, -0.25) is 4.90 Å². The van der Waals surface area contributed by atoms with Crippen LogP contribution in [0.4, 0.5) is 0 Å². The predicted molar refractivity (Wildman–Crippen MR) is 126 cm³/mol. The summed E-state index contributed by atoms with van der Waals surface area (Å²) in [6.07, 6.45) is 2.47. The molecule has 2 N–H and O–H groups in total. The SMILES string of the molecule is CCNC(=NCc1ccccc1CN1CCOCC1)NCC1CCN(CCOC)CC1. The van der Waals surface area contributed by atoms with Crippen molar-refractivity contribution in [3.8, 4) is 0 Å². The topological polar surface area (TPSA) is 61.4 Å². The van der Waals surface area contributed by atoms with Crippen LogP contribution in [0.2, 0.25) is 0 Å². The van der Waals surface area contributed by atoms with Crippen LogP contribution in [-0.2, 0) is 22.6 Å². The Morgan fingerprint density at radius 3 is 2.52 bits per heavy atom. The second-order valence-corrected chi connectivity index (χ2v) is 8.51. The fourth-order valence-corrected chi connectivity index (χ4v) is 4.25. The largest absolute Gasteiger partial charge is 0.383 e. The number of aliphatic imine (C=N–C) groups is 1. The number of piperidine rings is 1. The Morgan fingerprint density at radius 1 is 1.06 bits per heavy atom. The Bertz CT molecular complexity index is 655. The number of benzene rings is 1. The van der Waals surface area contributed by atoms with Crippen molar-refractivity contribution in [2.45, 2.75) is 32.9 Å². The van der Waals surface area contributed by atoms with E-state index < -0.39 is 0 Å². The number of hydrogen-bond acceptors (Lipinski definition) is 5. The summed E-state index contributed by atoms with van der Waals surface area (Å²) in [6, 6.07) is 8.69. The number of likely N-dealkylation sites (tertiary alicyclic amines) is 1. The zero-order valence-corrected chi connectivity index (χ0v) is 19.4. The fourth-order valence-electron chi connectivity index (χ4n) is 4.25. The molecule has 2 aliphatic rings. The Balaban J connectivity index is 1.49. The maximum Gasteiger partial charge on any atom is 0.191 e. The Hall–Kier alpha value is -1.67. The van der Waals surface area contributed by atoms with Gasteiger partial charge in [0.05, 0.1) is 26.4 Å². The van der Waals surface area contributed by atoms with E-state index in [4.69, 9.17) is 14.5 Å². The second-order valence-electron chi connectivity index (χ2n) is 8.51. The standard InChI is InChI=1S/C24H41N5O2/c1-3-25-24(26-18-21-8-10-28(11-9-21)12-15-30-2)27-19-22-6-4-5-7-23(22)20-29-13-16-31-17-14-29/h4-7,21H,3,8-20H2,1-2H3,(H2,25,26,27). The summed E-state index contributed by atoms with van der Waals surface area (Å²) >= 11 is 0. The summed E-state index contributed by atoms with van der Waals surface area (Å²) in [6.45, 7) is 13.5. The molecule has 0 saturated carbocycles. The molecule has 0 spiro atoms. The molecule has 174 valence electrons. The summed E-state index contributed by atoms with van der Waals surface area (Å²) in [5.74, 6) is 1.63. The molecule has 0 aromatic heterocycles. The Labute approximate surface area is 188 Å². The van der Waals surface area contributed by atoms with Gasteiger partial charge in [-0.2, -0.15) is 0 Å². The van der Waals surface area contributed by atoms with Gasteiger partial charge in [0, 0.05) is 46.4 Å². The zero-order valence-electron chi connectivity index (χ0n) is 19.4. The normalized spacial score (nSPS) is 19.5. The van der Waals surface area contributed by atoms with E-state index in [0.717, 1.165) is 78.1 Å². The van der Waals surface area contributed by atoms with Crippen LogP contribution in [0, 0.1) is 5.92 Å². The fraction of sp³-hybridized carbons (Fsp3) is 0.708. The highest BCUT2D eigenvalue weighted by Gasteiger charge is 2.19. The van der Waals surface area contributed by atoms with Crippen LogP contribution in [0.1, 0.15) is 30.9 Å². The number of rotatable bonds is 10. The van der Waals surface area contributed by atoms with Crippen LogP contribution in [0.25, 0.3) is 0 Å². The number of morpholine rings is 1. The van der Waals surface area contributed by atoms with Gasteiger partial charge in [-0.05, 0) is 49.9 Å². The number of nitrogens with one attached hydrogen (secondary N) is 2. The molecule has 2 aliphatic heterocycles. The number of nitrogens with zero attached hydrogens (tertiary/aromatic N) is 3. The van der Waals surface area contributed by atoms with Crippen molar-refractivity contribution in [3.05, 3.63) is 35.4 Å². The van der Waals surface area contributed by atoms with Crippen LogP contribution in [0.3, 0.4) is 0 Å². The van der Waals surface area contributed by atoms with Gasteiger partial charge in [-0.15, -0.1) is 0 Å². The Kier molecular flexibility index (Phi) is 10.6. The molecule has 0 radical (unpaired) electrons. The maximum absolute atomic E-state index is 5.49. The third kappa shape index (κ3) is 8.41. The van der Waals surface area contributed by atoms with E-state index in [0.29, 0.717) is 12.5 Å². The average molecular weight is 432 g/mol. The molecule has 1 aromatic rings. The molecule has 7 nitrogen and oxygen atoms in total. The third-order valence-corrected chi connectivity index (χ3v) is 6.24. The highest BCUT2D eigenvalue weighted by atomic mass is 16.5. The van der Waals surface area contributed by atoms with E-state index in [1.165, 1.54) is 24.0 Å². The van der Waals surface area contributed by atoms with Crippen LogP contribution in [-0.4, -0.2) is 88.5 Å². The van der Waals surface area contributed by atoms with E-state index in [2.05, 4.69) is 51.6 Å². The molecule has 2 saturated heterocycles. The molecule has 0 amide bonds. The molecular weight excluding hydrogens is 390 g/mol. The monoisotopic (exact) mass is 431 g/mol. The average Bonchev–Trinajstić information content (AvgIpc) is 2.82. The summed E-state index contributed by atoms with van der Waals surface area (Å²) in [5, 5.41) is 7.00. The quantitative estimate of drug-likeness (QED) is 0.436. The smallest absolute Gasteiger partial charge is 0.191 e. The van der Waals surface area contributed by atoms with E-state index >= 15 is 0 Å². The van der Waals surface area contributed by atoms with Crippen molar-refractivity contribution in [1.29, 1.82) is 0 Å². The predicted octanol–water partition coefficient (Wildman–Crippen LogP) is 1.93. The lowest BCUT2D eigenvalue weighted by atomic mass is 9.97. The minimum absolute atomic E-state index is 0.700. The van der Waals surface area contributed by atoms with Gasteiger partial charge in [0.15, 0.2) is 5.96 Å². The first kappa shape index (κ1) is 24.0. The molecular formula is C24H41N5O2. The van der Waals surface area contributed by atoms with Crippen molar-refractivity contribution in [2.75, 3.05) is 72.7 Å². The van der Waals surface area contributed by atoms with Crippen molar-refractivity contribution >= 4 is 5.96 Å². The first-order valence-electron chi connectivity index (χ1n) is 11.9. The van der Waals surface area contributed by atoms with Crippen LogP contribution in [0.15, 0.2) is 29.3 Å². The van der Waals surface area contributed by atoms with Crippen LogP contribution >= 0.6 is 0 Å². The van der Waals surface area contributed by atoms with Crippen LogP contribution in [0.5, 0.6) is 0 Å². The van der Waals surface area contributed by atoms with Crippen molar-refractivity contribution in [1.82, 2.24) is 20.4 Å². The van der Waals surface area contributed by atoms with Gasteiger partial charge in [0.2, 0.25) is 0 Å². The maximum atomic E-state index is 5.49. The highest BCUT2D eigenvalue weighted by molar-refractivity contribution is 5.79. The van der Waals surface area contributed by atoms with Gasteiger partial charge in [0.1, 0.15) is 0 Å². The van der Waals surface area contributed by atoms with Crippen molar-refractivity contribution in [2.24, 2.45) is 10.9 Å². The van der Waals surface area contributed by atoms with E-state index in [1.54, 1.807) is 7.11 Å². The molecule has 0 aliphatic carbocycles.